The van der Waals surface area contributed by atoms with Crippen molar-refractivity contribution >= 4 is 18.0 Å². The number of carboxylic acid groups (broad SMARTS) is 1. The lowest BCUT2D eigenvalue weighted by atomic mass is 9.98. The van der Waals surface area contributed by atoms with Gasteiger partial charge >= 0.3 is 18.2 Å². The number of alkyl halides is 3. The van der Waals surface area contributed by atoms with Gasteiger partial charge in [-0.25, -0.2) is 9.59 Å². The molecular formula is C21H19F3N2O6. The Labute approximate surface area is 180 Å². The molecule has 11 heteroatoms. The number of aliphatic hydroxyl groups excluding tert-OH is 1. The Hall–Kier alpha value is -3.60. The number of hydrogen-bond acceptors (Lipinski definition) is 5. The van der Waals surface area contributed by atoms with E-state index in [4.69, 9.17) is 14.9 Å². The molecule has 2 aromatic rings. The molecule has 0 spiro atoms. The predicted molar refractivity (Wildman–Crippen MR) is 105 cm³/mol. The second-order valence-electron chi connectivity index (χ2n) is 7.03. The average molecular weight is 452 g/mol. The van der Waals surface area contributed by atoms with Gasteiger partial charge in [0.05, 0.1) is 6.61 Å². The Kier molecular flexibility index (Phi) is 6.68. The second-order valence-corrected chi connectivity index (χ2v) is 7.03. The first-order valence-corrected chi connectivity index (χ1v) is 9.45. The maximum absolute atomic E-state index is 13.3. The van der Waals surface area contributed by atoms with Crippen LogP contribution in [0.5, 0.6) is 0 Å². The summed E-state index contributed by atoms with van der Waals surface area (Å²) in [4.78, 5) is 34.8. The third-order valence-corrected chi connectivity index (χ3v) is 4.99. The number of nitrogens with one attached hydrogen (secondary N) is 2. The number of ether oxygens (including phenoxy) is 1. The van der Waals surface area contributed by atoms with Crippen LogP contribution in [0.3, 0.4) is 0 Å². The molecule has 170 valence electrons. The number of carbonyl (C=O) groups is 3. The van der Waals surface area contributed by atoms with Crippen LogP contribution in [0.1, 0.15) is 17.0 Å². The van der Waals surface area contributed by atoms with E-state index in [1.54, 1.807) is 12.1 Å². The van der Waals surface area contributed by atoms with Gasteiger partial charge in [-0.2, -0.15) is 13.2 Å². The molecule has 2 unspecified atom stereocenters. The van der Waals surface area contributed by atoms with Crippen LogP contribution in [-0.2, 0) is 14.3 Å². The van der Waals surface area contributed by atoms with Crippen molar-refractivity contribution in [2.75, 3.05) is 13.2 Å². The van der Waals surface area contributed by atoms with Crippen molar-refractivity contribution in [1.82, 2.24) is 10.6 Å². The molecule has 8 nitrogen and oxygen atoms in total. The Bertz CT molecular complexity index is 981. The summed E-state index contributed by atoms with van der Waals surface area (Å²) < 4.78 is 44.8. The number of carboxylic acids is 1. The van der Waals surface area contributed by atoms with Crippen LogP contribution in [0.4, 0.5) is 18.0 Å². The lowest BCUT2D eigenvalue weighted by Gasteiger charge is -2.23. The normalized spacial score (nSPS) is 14.6. The highest BCUT2D eigenvalue weighted by Crippen LogP contribution is 2.44. The SMILES string of the molecule is O=C(NC(C(=O)NC(CO)C(=O)O)C(F)(F)F)OCC1c2ccccc2-c2ccccc21. The topological polar surface area (TPSA) is 125 Å². The summed E-state index contributed by atoms with van der Waals surface area (Å²) in [7, 11) is 0. The molecule has 0 aliphatic heterocycles. The minimum Gasteiger partial charge on any atom is -0.480 e. The highest BCUT2D eigenvalue weighted by Gasteiger charge is 2.47. The summed E-state index contributed by atoms with van der Waals surface area (Å²) in [6, 6.07) is 9.68. The Balaban J connectivity index is 1.70. The molecule has 2 aromatic carbocycles. The lowest BCUT2D eigenvalue weighted by molar-refractivity contribution is -0.169. The Morgan fingerprint density at radius 3 is 1.97 bits per heavy atom. The predicted octanol–water partition coefficient (Wildman–Crippen LogP) is 2.02. The largest absolute Gasteiger partial charge is 0.480 e. The average Bonchev–Trinajstić information content (AvgIpc) is 3.07. The van der Waals surface area contributed by atoms with Gasteiger partial charge in [0.2, 0.25) is 6.04 Å². The first-order chi connectivity index (χ1) is 15.1. The van der Waals surface area contributed by atoms with Gasteiger partial charge in [-0.1, -0.05) is 48.5 Å². The maximum atomic E-state index is 13.3. The molecule has 1 aliphatic rings. The van der Waals surface area contributed by atoms with Crippen molar-refractivity contribution in [2.24, 2.45) is 0 Å². The summed E-state index contributed by atoms with van der Waals surface area (Å²) in [5.41, 5.74) is 3.54. The van der Waals surface area contributed by atoms with Gasteiger partial charge in [0, 0.05) is 5.92 Å². The molecule has 0 bridgehead atoms. The zero-order valence-corrected chi connectivity index (χ0v) is 16.4. The van der Waals surface area contributed by atoms with Crippen molar-refractivity contribution in [3.63, 3.8) is 0 Å². The van der Waals surface area contributed by atoms with Crippen LogP contribution in [-0.4, -0.2) is 59.7 Å². The minimum atomic E-state index is -5.23. The molecule has 3 rings (SSSR count). The van der Waals surface area contributed by atoms with E-state index in [-0.39, 0.29) is 6.61 Å². The van der Waals surface area contributed by atoms with Crippen molar-refractivity contribution < 1.29 is 42.5 Å². The van der Waals surface area contributed by atoms with Crippen LogP contribution in [0.2, 0.25) is 0 Å². The number of carbonyl (C=O) groups excluding carboxylic acids is 2. The fraction of sp³-hybridized carbons (Fsp3) is 0.286. The van der Waals surface area contributed by atoms with Crippen molar-refractivity contribution in [2.45, 2.75) is 24.2 Å². The fourth-order valence-electron chi connectivity index (χ4n) is 3.49. The van der Waals surface area contributed by atoms with Crippen molar-refractivity contribution in [3.05, 3.63) is 59.7 Å². The van der Waals surface area contributed by atoms with E-state index in [1.165, 1.54) is 10.6 Å². The van der Waals surface area contributed by atoms with Crippen molar-refractivity contribution in [3.8, 4) is 11.1 Å². The third-order valence-electron chi connectivity index (χ3n) is 4.99. The van der Waals surface area contributed by atoms with Crippen molar-refractivity contribution in [1.29, 1.82) is 0 Å². The molecule has 32 heavy (non-hydrogen) atoms. The number of aliphatic carboxylic acids is 1. The number of halogens is 3. The number of alkyl carbamates (subject to hydrolysis) is 1. The number of rotatable bonds is 7. The molecule has 1 aliphatic carbocycles. The van der Waals surface area contributed by atoms with E-state index in [9.17, 15) is 27.6 Å². The van der Waals surface area contributed by atoms with Crippen LogP contribution >= 0.6 is 0 Å². The van der Waals surface area contributed by atoms with Crippen LogP contribution in [0.15, 0.2) is 48.5 Å². The number of fused-ring (bicyclic) bond motifs is 3. The summed E-state index contributed by atoms with van der Waals surface area (Å²) in [6.07, 6.45) is -6.73. The maximum Gasteiger partial charge on any atom is 0.417 e. The molecule has 0 aromatic heterocycles. The quantitative estimate of drug-likeness (QED) is 0.510. The van der Waals surface area contributed by atoms with Crippen LogP contribution < -0.4 is 10.6 Å². The minimum absolute atomic E-state index is 0.277. The van der Waals surface area contributed by atoms with Gasteiger partial charge < -0.3 is 25.6 Å². The smallest absolute Gasteiger partial charge is 0.417 e. The van der Waals surface area contributed by atoms with Gasteiger partial charge in [0.1, 0.15) is 12.6 Å². The standard InChI is InChI=1S/C21H19F3N2O6/c22-21(23,24)17(18(28)25-16(9-27)19(29)30)26-20(31)32-10-15-13-7-3-1-5-11(13)12-6-2-4-8-14(12)15/h1-8,15-17,27H,9-10H2,(H,25,28)(H,26,31)(H,29,30). The Morgan fingerprint density at radius 1 is 0.969 bits per heavy atom. The third kappa shape index (κ3) is 4.83. The second kappa shape index (κ2) is 9.27. The van der Waals surface area contributed by atoms with E-state index >= 15 is 0 Å². The molecule has 2 amide bonds. The molecule has 0 radical (unpaired) electrons. The highest BCUT2D eigenvalue weighted by atomic mass is 19.4. The van der Waals surface area contributed by atoms with Gasteiger partial charge in [0.25, 0.3) is 5.91 Å². The van der Waals surface area contributed by atoms with Crippen LogP contribution in [0, 0.1) is 0 Å². The number of hydrogen-bond donors (Lipinski definition) is 4. The van der Waals surface area contributed by atoms with Gasteiger partial charge in [-0.15, -0.1) is 0 Å². The Morgan fingerprint density at radius 2 is 1.50 bits per heavy atom. The molecule has 0 heterocycles. The summed E-state index contributed by atoms with van der Waals surface area (Å²) in [5, 5.41) is 20.6. The van der Waals surface area contributed by atoms with Crippen LogP contribution in [0.25, 0.3) is 11.1 Å². The fourth-order valence-corrected chi connectivity index (χ4v) is 3.49. The van der Waals surface area contributed by atoms with E-state index < -0.39 is 48.8 Å². The molecular weight excluding hydrogens is 433 g/mol. The van der Waals surface area contributed by atoms with E-state index in [0.717, 1.165) is 22.3 Å². The summed E-state index contributed by atoms with van der Waals surface area (Å²) in [6.45, 7) is -1.41. The zero-order valence-electron chi connectivity index (χ0n) is 16.4. The highest BCUT2D eigenvalue weighted by molar-refractivity contribution is 5.90. The number of benzene rings is 2. The molecule has 0 saturated carbocycles. The van der Waals surface area contributed by atoms with E-state index in [2.05, 4.69) is 0 Å². The molecule has 2 atom stereocenters. The van der Waals surface area contributed by atoms with Gasteiger partial charge in [-0.3, -0.25) is 4.79 Å². The number of amides is 2. The first kappa shape index (κ1) is 23.1. The summed E-state index contributed by atoms with van der Waals surface area (Å²) >= 11 is 0. The molecule has 4 N–H and O–H groups in total. The van der Waals surface area contributed by atoms with Gasteiger partial charge in [-0.05, 0) is 22.3 Å². The summed E-state index contributed by atoms with van der Waals surface area (Å²) in [5.74, 6) is -3.98. The first-order valence-electron chi connectivity index (χ1n) is 9.45. The lowest BCUT2D eigenvalue weighted by Crippen LogP contribution is -2.58. The molecule has 0 fully saturated rings. The van der Waals surface area contributed by atoms with E-state index in [1.807, 2.05) is 36.4 Å². The molecule has 0 saturated heterocycles. The van der Waals surface area contributed by atoms with Gasteiger partial charge in [0.15, 0.2) is 0 Å². The van der Waals surface area contributed by atoms with E-state index in [0.29, 0.717) is 0 Å². The zero-order chi connectivity index (χ0) is 23.5. The number of aliphatic hydroxyl groups is 1. The monoisotopic (exact) mass is 452 g/mol.